The molecule has 0 fully saturated rings. The van der Waals surface area contributed by atoms with Gasteiger partial charge in [-0.2, -0.15) is 0 Å². The Labute approximate surface area is 138 Å². The summed E-state index contributed by atoms with van der Waals surface area (Å²) in [4.78, 5) is 11.9. The van der Waals surface area contributed by atoms with Gasteiger partial charge in [-0.1, -0.05) is 53.0 Å². The number of aryl methyl sites for hydroxylation is 1. The molecule has 0 aliphatic carbocycles. The Morgan fingerprint density at radius 1 is 1.19 bits per heavy atom. The fourth-order valence-corrected chi connectivity index (χ4v) is 3.07. The summed E-state index contributed by atoms with van der Waals surface area (Å²) in [5.41, 5.74) is 3.03. The number of amides is 1. The molecule has 0 atom stereocenters. The summed E-state index contributed by atoms with van der Waals surface area (Å²) in [7, 11) is 0. The highest BCUT2D eigenvalue weighted by molar-refractivity contribution is 7.99. The molecular formula is C16H15Cl2NOS. The molecule has 0 aliphatic heterocycles. The first kappa shape index (κ1) is 16.2. The number of rotatable bonds is 5. The molecule has 2 nitrogen and oxygen atoms in total. The third-order valence-electron chi connectivity index (χ3n) is 2.79. The van der Waals surface area contributed by atoms with Crippen LogP contribution in [0.15, 0.2) is 42.5 Å². The van der Waals surface area contributed by atoms with E-state index < -0.39 is 0 Å². The van der Waals surface area contributed by atoms with Crippen molar-refractivity contribution >= 4 is 46.6 Å². The van der Waals surface area contributed by atoms with Crippen molar-refractivity contribution in [3.63, 3.8) is 0 Å². The lowest BCUT2D eigenvalue weighted by Gasteiger charge is -2.07. The second-order valence-corrected chi connectivity index (χ2v) is 6.48. The number of carbonyl (C=O) groups excluding carboxylic acids is 1. The van der Waals surface area contributed by atoms with Gasteiger partial charge in [0.2, 0.25) is 5.91 Å². The van der Waals surface area contributed by atoms with E-state index in [2.05, 4.69) is 30.4 Å². The van der Waals surface area contributed by atoms with Crippen molar-refractivity contribution in [2.75, 3.05) is 11.1 Å². The lowest BCUT2D eigenvalue weighted by molar-refractivity contribution is -0.113. The number of anilines is 1. The number of hydrogen-bond acceptors (Lipinski definition) is 2. The van der Waals surface area contributed by atoms with Gasteiger partial charge in [-0.15, -0.1) is 11.8 Å². The van der Waals surface area contributed by atoms with Crippen molar-refractivity contribution in [2.45, 2.75) is 12.7 Å². The summed E-state index contributed by atoms with van der Waals surface area (Å²) in [6.07, 6.45) is 0. The Morgan fingerprint density at radius 3 is 2.71 bits per heavy atom. The van der Waals surface area contributed by atoms with Crippen molar-refractivity contribution in [2.24, 2.45) is 0 Å². The van der Waals surface area contributed by atoms with Gasteiger partial charge in [-0.25, -0.2) is 0 Å². The SMILES string of the molecule is Cc1cccc(CSCC(=O)Nc2ccc(Cl)cc2Cl)c1. The molecule has 2 rings (SSSR count). The molecule has 0 radical (unpaired) electrons. The summed E-state index contributed by atoms with van der Waals surface area (Å²) in [6.45, 7) is 2.06. The number of thioether (sulfide) groups is 1. The Hall–Kier alpha value is -1.16. The zero-order valence-corrected chi connectivity index (χ0v) is 13.9. The minimum Gasteiger partial charge on any atom is -0.324 e. The summed E-state index contributed by atoms with van der Waals surface area (Å²) < 4.78 is 0. The molecule has 0 unspecified atom stereocenters. The molecule has 0 saturated carbocycles. The fraction of sp³-hybridized carbons (Fsp3) is 0.188. The Balaban J connectivity index is 1.82. The average Bonchev–Trinajstić information content (AvgIpc) is 2.42. The van der Waals surface area contributed by atoms with E-state index in [0.29, 0.717) is 21.5 Å². The van der Waals surface area contributed by atoms with Crippen molar-refractivity contribution in [3.8, 4) is 0 Å². The summed E-state index contributed by atoms with van der Waals surface area (Å²) in [5, 5.41) is 3.78. The Bertz CT molecular complexity index is 646. The first-order valence-electron chi connectivity index (χ1n) is 6.43. The van der Waals surface area contributed by atoms with Crippen LogP contribution in [0.25, 0.3) is 0 Å². The van der Waals surface area contributed by atoms with Crippen molar-refractivity contribution < 1.29 is 4.79 Å². The van der Waals surface area contributed by atoms with Crippen LogP contribution in [0.5, 0.6) is 0 Å². The van der Waals surface area contributed by atoms with Gasteiger partial charge in [0.25, 0.3) is 0 Å². The van der Waals surface area contributed by atoms with Crippen LogP contribution in [0.4, 0.5) is 5.69 Å². The van der Waals surface area contributed by atoms with E-state index in [4.69, 9.17) is 23.2 Å². The first-order chi connectivity index (χ1) is 10.0. The predicted molar refractivity (Wildman–Crippen MR) is 92.4 cm³/mol. The van der Waals surface area contributed by atoms with E-state index in [-0.39, 0.29) is 5.91 Å². The monoisotopic (exact) mass is 339 g/mol. The molecule has 0 spiro atoms. The van der Waals surface area contributed by atoms with Gasteiger partial charge in [0.15, 0.2) is 0 Å². The van der Waals surface area contributed by atoms with Crippen LogP contribution in [0.1, 0.15) is 11.1 Å². The quantitative estimate of drug-likeness (QED) is 0.813. The topological polar surface area (TPSA) is 29.1 Å². The molecule has 2 aromatic carbocycles. The van der Waals surface area contributed by atoms with Crippen molar-refractivity contribution in [1.29, 1.82) is 0 Å². The van der Waals surface area contributed by atoms with E-state index in [9.17, 15) is 4.79 Å². The van der Waals surface area contributed by atoms with Crippen LogP contribution >= 0.6 is 35.0 Å². The molecular weight excluding hydrogens is 325 g/mol. The molecule has 0 bridgehead atoms. The molecule has 5 heteroatoms. The highest BCUT2D eigenvalue weighted by atomic mass is 35.5. The number of halogens is 2. The van der Waals surface area contributed by atoms with Gasteiger partial charge in [0, 0.05) is 10.8 Å². The van der Waals surface area contributed by atoms with Gasteiger partial charge in [-0.05, 0) is 30.7 Å². The predicted octanol–water partition coefficient (Wildman–Crippen LogP) is 5.17. The maximum absolute atomic E-state index is 11.9. The molecule has 21 heavy (non-hydrogen) atoms. The molecule has 0 aromatic heterocycles. The molecule has 0 heterocycles. The number of carbonyl (C=O) groups is 1. The second-order valence-electron chi connectivity index (χ2n) is 4.65. The van der Waals surface area contributed by atoms with Gasteiger partial charge in [0.1, 0.15) is 0 Å². The third-order valence-corrected chi connectivity index (χ3v) is 4.34. The summed E-state index contributed by atoms with van der Waals surface area (Å²) in [6, 6.07) is 13.3. The standard InChI is InChI=1S/C16H15Cl2NOS/c1-11-3-2-4-12(7-11)9-21-10-16(20)19-15-6-5-13(17)8-14(15)18/h2-8H,9-10H2,1H3,(H,19,20). The van der Waals surface area contributed by atoms with Crippen LogP contribution in [-0.2, 0) is 10.5 Å². The van der Waals surface area contributed by atoms with Gasteiger partial charge in [0.05, 0.1) is 16.5 Å². The molecule has 0 aliphatic rings. The summed E-state index contributed by atoms with van der Waals surface area (Å²) >= 11 is 13.4. The number of hydrogen-bond donors (Lipinski definition) is 1. The maximum atomic E-state index is 11.9. The zero-order chi connectivity index (χ0) is 15.2. The Morgan fingerprint density at radius 2 is 2.00 bits per heavy atom. The minimum absolute atomic E-state index is 0.0723. The largest absolute Gasteiger partial charge is 0.324 e. The fourth-order valence-electron chi connectivity index (χ4n) is 1.84. The van der Waals surface area contributed by atoms with Gasteiger partial charge < -0.3 is 5.32 Å². The second kappa shape index (κ2) is 7.74. The van der Waals surface area contributed by atoms with E-state index in [1.54, 1.807) is 30.0 Å². The zero-order valence-electron chi connectivity index (χ0n) is 11.5. The normalized spacial score (nSPS) is 10.4. The van der Waals surface area contributed by atoms with Crippen molar-refractivity contribution in [3.05, 3.63) is 63.6 Å². The van der Waals surface area contributed by atoms with E-state index in [0.717, 1.165) is 5.75 Å². The maximum Gasteiger partial charge on any atom is 0.234 e. The minimum atomic E-state index is -0.0723. The molecule has 1 N–H and O–H groups in total. The van der Waals surface area contributed by atoms with E-state index >= 15 is 0 Å². The highest BCUT2D eigenvalue weighted by Gasteiger charge is 2.06. The molecule has 2 aromatic rings. The smallest absolute Gasteiger partial charge is 0.234 e. The number of nitrogens with one attached hydrogen (secondary N) is 1. The first-order valence-corrected chi connectivity index (χ1v) is 8.34. The van der Waals surface area contributed by atoms with Crippen molar-refractivity contribution in [1.82, 2.24) is 0 Å². The lowest BCUT2D eigenvalue weighted by atomic mass is 10.2. The average molecular weight is 340 g/mol. The summed E-state index contributed by atoms with van der Waals surface area (Å²) in [5.74, 6) is 1.12. The van der Waals surface area contributed by atoms with E-state index in [1.807, 2.05) is 6.07 Å². The van der Waals surface area contributed by atoms with E-state index in [1.165, 1.54) is 11.1 Å². The van der Waals surface area contributed by atoms with Gasteiger partial charge in [-0.3, -0.25) is 4.79 Å². The molecule has 110 valence electrons. The van der Waals surface area contributed by atoms with Crippen LogP contribution in [0.2, 0.25) is 10.0 Å². The Kier molecular flexibility index (Phi) is 5.97. The van der Waals surface area contributed by atoms with Crippen LogP contribution in [0.3, 0.4) is 0 Å². The van der Waals surface area contributed by atoms with Gasteiger partial charge >= 0.3 is 0 Å². The third kappa shape index (κ3) is 5.27. The highest BCUT2D eigenvalue weighted by Crippen LogP contribution is 2.25. The lowest BCUT2D eigenvalue weighted by Crippen LogP contribution is -2.14. The van der Waals surface area contributed by atoms with Crippen LogP contribution in [-0.4, -0.2) is 11.7 Å². The van der Waals surface area contributed by atoms with Crippen LogP contribution < -0.4 is 5.32 Å². The molecule has 0 saturated heterocycles. The molecule has 1 amide bonds. The number of benzene rings is 2. The van der Waals surface area contributed by atoms with Crippen LogP contribution in [0, 0.1) is 6.92 Å².